The molecule has 2 N–H and O–H groups in total. The van der Waals surface area contributed by atoms with Crippen LogP contribution < -0.4 is 10.6 Å². The summed E-state index contributed by atoms with van der Waals surface area (Å²) in [6.07, 6.45) is 4.90. The molecule has 0 aromatic heterocycles. The Morgan fingerprint density at radius 1 is 1.42 bits per heavy atom. The van der Waals surface area contributed by atoms with Crippen molar-refractivity contribution in [2.45, 2.75) is 24.2 Å². The van der Waals surface area contributed by atoms with Crippen molar-refractivity contribution in [3.8, 4) is 0 Å². The number of anilines is 1. The van der Waals surface area contributed by atoms with E-state index >= 15 is 0 Å². The standard InChI is InChI=1S/C14H20N2OS.ClH/c1-18-13-4-2-3-12(10-13)16-14(17)9-11-5-7-15-8-6-11;/h2-4,10-11,15H,5-9H2,1H3,(H,16,17);1H. The largest absolute Gasteiger partial charge is 0.326 e. The van der Waals surface area contributed by atoms with Crippen LogP contribution in [0.25, 0.3) is 0 Å². The zero-order chi connectivity index (χ0) is 12.8. The number of benzene rings is 1. The van der Waals surface area contributed by atoms with Gasteiger partial charge in [0.25, 0.3) is 0 Å². The molecule has 3 nitrogen and oxygen atoms in total. The summed E-state index contributed by atoms with van der Waals surface area (Å²) in [5.74, 6) is 0.676. The van der Waals surface area contributed by atoms with Crippen LogP contribution in [0.5, 0.6) is 0 Å². The average Bonchev–Trinajstić information content (AvgIpc) is 2.40. The maximum Gasteiger partial charge on any atom is 0.224 e. The van der Waals surface area contributed by atoms with Gasteiger partial charge in [0.2, 0.25) is 5.91 Å². The Kier molecular flexibility index (Phi) is 7.28. The predicted octanol–water partition coefficient (Wildman–Crippen LogP) is 3.16. The van der Waals surface area contributed by atoms with Gasteiger partial charge < -0.3 is 10.6 Å². The van der Waals surface area contributed by atoms with Gasteiger partial charge in [-0.3, -0.25) is 4.79 Å². The average molecular weight is 301 g/mol. The molecule has 2 rings (SSSR count). The highest BCUT2D eigenvalue weighted by molar-refractivity contribution is 7.98. The van der Waals surface area contributed by atoms with Crippen LogP contribution in [0.15, 0.2) is 29.2 Å². The van der Waals surface area contributed by atoms with Crippen molar-refractivity contribution < 1.29 is 4.79 Å². The smallest absolute Gasteiger partial charge is 0.224 e. The molecule has 1 saturated heterocycles. The zero-order valence-corrected chi connectivity index (χ0v) is 12.8. The van der Waals surface area contributed by atoms with E-state index in [0.717, 1.165) is 31.6 Å². The molecule has 0 unspecified atom stereocenters. The molecular weight excluding hydrogens is 280 g/mol. The summed E-state index contributed by atoms with van der Waals surface area (Å²) in [6, 6.07) is 7.99. The lowest BCUT2D eigenvalue weighted by Crippen LogP contribution is -2.30. The highest BCUT2D eigenvalue weighted by atomic mass is 35.5. The Morgan fingerprint density at radius 2 is 2.16 bits per heavy atom. The fourth-order valence-electron chi connectivity index (χ4n) is 2.26. The van der Waals surface area contributed by atoms with Crippen LogP contribution in [-0.2, 0) is 4.79 Å². The van der Waals surface area contributed by atoms with E-state index in [1.807, 2.05) is 30.5 Å². The molecule has 19 heavy (non-hydrogen) atoms. The number of carbonyl (C=O) groups excluding carboxylic acids is 1. The normalized spacial score (nSPS) is 15.6. The summed E-state index contributed by atoms with van der Waals surface area (Å²) in [5, 5.41) is 6.31. The number of piperidine rings is 1. The first-order chi connectivity index (χ1) is 8.78. The number of nitrogens with one attached hydrogen (secondary N) is 2. The number of amides is 1. The van der Waals surface area contributed by atoms with Crippen molar-refractivity contribution in [3.63, 3.8) is 0 Å². The third-order valence-electron chi connectivity index (χ3n) is 3.29. The van der Waals surface area contributed by atoms with E-state index in [1.165, 1.54) is 4.90 Å². The minimum absolute atomic E-state index is 0. The van der Waals surface area contributed by atoms with Gasteiger partial charge in [0, 0.05) is 17.0 Å². The Balaban J connectivity index is 0.00000180. The van der Waals surface area contributed by atoms with Crippen LogP contribution in [0.2, 0.25) is 0 Å². The number of rotatable bonds is 4. The number of hydrogen-bond acceptors (Lipinski definition) is 3. The monoisotopic (exact) mass is 300 g/mol. The molecule has 0 atom stereocenters. The lowest BCUT2D eigenvalue weighted by atomic mass is 9.94. The van der Waals surface area contributed by atoms with Gasteiger partial charge in [-0.1, -0.05) is 6.07 Å². The van der Waals surface area contributed by atoms with Crippen molar-refractivity contribution >= 4 is 35.8 Å². The highest BCUT2D eigenvalue weighted by Crippen LogP contribution is 2.20. The summed E-state index contributed by atoms with van der Waals surface area (Å²) in [7, 11) is 0. The van der Waals surface area contributed by atoms with Crippen molar-refractivity contribution in [1.82, 2.24) is 5.32 Å². The molecule has 0 bridgehead atoms. The Bertz CT molecular complexity index is 408. The maximum atomic E-state index is 11.9. The van der Waals surface area contributed by atoms with E-state index in [1.54, 1.807) is 11.8 Å². The van der Waals surface area contributed by atoms with Crippen molar-refractivity contribution in [2.75, 3.05) is 24.7 Å². The summed E-state index contributed by atoms with van der Waals surface area (Å²) in [4.78, 5) is 13.1. The van der Waals surface area contributed by atoms with Crippen LogP contribution >= 0.6 is 24.2 Å². The molecule has 106 valence electrons. The molecule has 5 heteroatoms. The molecule has 1 fully saturated rings. The van der Waals surface area contributed by atoms with Gasteiger partial charge in [0.05, 0.1) is 0 Å². The van der Waals surface area contributed by atoms with E-state index in [-0.39, 0.29) is 18.3 Å². The van der Waals surface area contributed by atoms with Gasteiger partial charge in [-0.05, 0) is 56.3 Å². The molecule has 1 aromatic rings. The Hall–Kier alpha value is -0.710. The van der Waals surface area contributed by atoms with Gasteiger partial charge in [0.15, 0.2) is 0 Å². The fourth-order valence-corrected chi connectivity index (χ4v) is 2.72. The molecule has 1 aliphatic heterocycles. The molecule has 1 aliphatic rings. The maximum absolute atomic E-state index is 11.9. The lowest BCUT2D eigenvalue weighted by Gasteiger charge is -2.21. The molecule has 1 heterocycles. The molecule has 1 amide bonds. The van der Waals surface area contributed by atoms with Crippen molar-refractivity contribution in [2.24, 2.45) is 5.92 Å². The lowest BCUT2D eigenvalue weighted by molar-refractivity contribution is -0.117. The van der Waals surface area contributed by atoms with E-state index in [2.05, 4.69) is 10.6 Å². The fraction of sp³-hybridized carbons (Fsp3) is 0.500. The van der Waals surface area contributed by atoms with Crippen LogP contribution in [0.3, 0.4) is 0 Å². The minimum atomic E-state index is 0. The van der Waals surface area contributed by atoms with Gasteiger partial charge in [-0.15, -0.1) is 24.2 Å². The van der Waals surface area contributed by atoms with Crippen molar-refractivity contribution in [1.29, 1.82) is 0 Å². The first-order valence-corrected chi connectivity index (χ1v) is 7.65. The number of carbonyl (C=O) groups is 1. The SMILES string of the molecule is CSc1cccc(NC(=O)CC2CCNCC2)c1.Cl. The molecule has 0 saturated carbocycles. The number of hydrogen-bond donors (Lipinski definition) is 2. The first-order valence-electron chi connectivity index (χ1n) is 6.42. The third kappa shape index (κ3) is 5.43. The third-order valence-corrected chi connectivity index (χ3v) is 4.01. The zero-order valence-electron chi connectivity index (χ0n) is 11.1. The topological polar surface area (TPSA) is 41.1 Å². The summed E-state index contributed by atoms with van der Waals surface area (Å²) in [5.41, 5.74) is 0.904. The van der Waals surface area contributed by atoms with Crippen LogP contribution in [0.1, 0.15) is 19.3 Å². The van der Waals surface area contributed by atoms with E-state index in [4.69, 9.17) is 0 Å². The summed E-state index contributed by atoms with van der Waals surface area (Å²) < 4.78 is 0. The first kappa shape index (κ1) is 16.3. The van der Waals surface area contributed by atoms with E-state index in [0.29, 0.717) is 12.3 Å². The van der Waals surface area contributed by atoms with Crippen LogP contribution in [0.4, 0.5) is 5.69 Å². The van der Waals surface area contributed by atoms with Crippen LogP contribution in [0, 0.1) is 5.92 Å². The van der Waals surface area contributed by atoms with Crippen molar-refractivity contribution in [3.05, 3.63) is 24.3 Å². The van der Waals surface area contributed by atoms with E-state index in [9.17, 15) is 4.79 Å². The molecule has 0 spiro atoms. The van der Waals surface area contributed by atoms with Gasteiger partial charge in [-0.2, -0.15) is 0 Å². The Morgan fingerprint density at radius 3 is 2.84 bits per heavy atom. The van der Waals surface area contributed by atoms with Crippen LogP contribution in [-0.4, -0.2) is 25.3 Å². The molecular formula is C14H21ClN2OS. The predicted molar refractivity (Wildman–Crippen MR) is 84.3 cm³/mol. The minimum Gasteiger partial charge on any atom is -0.326 e. The second-order valence-corrected chi connectivity index (χ2v) is 5.56. The molecule has 0 aliphatic carbocycles. The second kappa shape index (κ2) is 8.46. The Labute approximate surface area is 125 Å². The highest BCUT2D eigenvalue weighted by Gasteiger charge is 2.16. The molecule has 0 radical (unpaired) electrons. The summed E-state index contributed by atoms with van der Waals surface area (Å²) in [6.45, 7) is 2.08. The van der Waals surface area contributed by atoms with Gasteiger partial charge in [0.1, 0.15) is 0 Å². The van der Waals surface area contributed by atoms with Gasteiger partial charge >= 0.3 is 0 Å². The number of thioether (sulfide) groups is 1. The van der Waals surface area contributed by atoms with Gasteiger partial charge in [-0.25, -0.2) is 0 Å². The number of halogens is 1. The molecule has 1 aromatic carbocycles. The second-order valence-electron chi connectivity index (χ2n) is 4.68. The summed E-state index contributed by atoms with van der Waals surface area (Å²) >= 11 is 1.69. The quantitative estimate of drug-likeness (QED) is 0.839. The van der Waals surface area contributed by atoms with E-state index < -0.39 is 0 Å².